The average molecular weight is 295 g/mol. The summed E-state index contributed by atoms with van der Waals surface area (Å²) in [6.07, 6.45) is -0.517. The minimum atomic E-state index is -0.578. The van der Waals surface area contributed by atoms with Crippen LogP contribution < -0.4 is 9.47 Å². The number of hydrogen-bond acceptors (Lipinski definition) is 5. The van der Waals surface area contributed by atoms with Crippen LogP contribution in [0.2, 0.25) is 0 Å². The molecular weight excluding hydrogens is 270 g/mol. The fraction of sp³-hybridized carbons (Fsp3) is 0.625. The number of methoxy groups -OCH3 is 1. The first-order valence-corrected chi connectivity index (χ1v) is 7.46. The molecule has 0 amide bonds. The zero-order valence-corrected chi connectivity index (χ0v) is 13.0. The highest BCUT2D eigenvalue weighted by Gasteiger charge is 2.20. The first-order valence-electron chi connectivity index (χ1n) is 7.46. The minimum Gasteiger partial charge on any atom is -0.497 e. The van der Waals surface area contributed by atoms with E-state index < -0.39 is 6.10 Å². The van der Waals surface area contributed by atoms with Crippen molar-refractivity contribution in [3.63, 3.8) is 0 Å². The smallest absolute Gasteiger partial charge is 0.128 e. The molecule has 5 heteroatoms. The largest absolute Gasteiger partial charge is 0.497 e. The molecule has 1 saturated heterocycles. The highest BCUT2D eigenvalue weighted by atomic mass is 16.5. The summed E-state index contributed by atoms with van der Waals surface area (Å²) in [6.45, 7) is 7.97. The first-order chi connectivity index (χ1) is 10.1. The maximum Gasteiger partial charge on any atom is 0.128 e. The third kappa shape index (κ3) is 4.33. The Morgan fingerprint density at radius 1 is 1.48 bits per heavy atom. The monoisotopic (exact) mass is 295 g/mol. The van der Waals surface area contributed by atoms with Gasteiger partial charge in [0.2, 0.25) is 0 Å². The van der Waals surface area contributed by atoms with E-state index in [0.717, 1.165) is 31.8 Å². The van der Waals surface area contributed by atoms with E-state index in [0.29, 0.717) is 18.1 Å². The lowest BCUT2D eigenvalue weighted by molar-refractivity contribution is -0.0467. The average Bonchev–Trinajstić information content (AvgIpc) is 2.52. The van der Waals surface area contributed by atoms with Crippen LogP contribution in [-0.4, -0.2) is 56.1 Å². The van der Waals surface area contributed by atoms with Crippen LogP contribution in [0.5, 0.6) is 11.5 Å². The van der Waals surface area contributed by atoms with Gasteiger partial charge >= 0.3 is 0 Å². The summed E-state index contributed by atoms with van der Waals surface area (Å²) >= 11 is 0. The van der Waals surface area contributed by atoms with Crippen LogP contribution >= 0.6 is 0 Å². The van der Waals surface area contributed by atoms with Crippen molar-refractivity contribution >= 4 is 0 Å². The number of rotatable bonds is 6. The molecule has 21 heavy (non-hydrogen) atoms. The zero-order valence-electron chi connectivity index (χ0n) is 13.0. The van der Waals surface area contributed by atoms with Crippen LogP contribution in [-0.2, 0) is 4.74 Å². The number of morpholine rings is 1. The molecule has 2 rings (SSSR count). The number of ether oxygens (including phenoxy) is 3. The molecule has 1 aliphatic heterocycles. The second-order valence-electron chi connectivity index (χ2n) is 5.28. The number of nitrogens with zero attached hydrogens (tertiary/aromatic N) is 1. The van der Waals surface area contributed by atoms with E-state index in [4.69, 9.17) is 14.2 Å². The fourth-order valence-corrected chi connectivity index (χ4v) is 2.46. The Hall–Kier alpha value is -1.30. The van der Waals surface area contributed by atoms with Crippen molar-refractivity contribution in [1.82, 2.24) is 4.90 Å². The van der Waals surface area contributed by atoms with Crippen molar-refractivity contribution in [3.8, 4) is 11.5 Å². The summed E-state index contributed by atoms with van der Waals surface area (Å²) in [5, 5.41) is 9.82. The SMILES string of the molecule is CCN1CCOC(COc2cc(OC)ccc2C(C)O)C1. The number of benzene rings is 1. The predicted octanol–water partition coefficient (Wildman–Crippen LogP) is 1.85. The Morgan fingerprint density at radius 3 is 2.95 bits per heavy atom. The Balaban J connectivity index is 2.01. The van der Waals surface area contributed by atoms with Crippen molar-refractivity contribution < 1.29 is 19.3 Å². The molecule has 1 aromatic rings. The molecule has 0 bridgehead atoms. The lowest BCUT2D eigenvalue weighted by Gasteiger charge is -2.32. The van der Waals surface area contributed by atoms with Crippen LogP contribution in [0, 0.1) is 0 Å². The summed E-state index contributed by atoms with van der Waals surface area (Å²) in [5.41, 5.74) is 0.763. The normalized spacial score (nSPS) is 21.0. The van der Waals surface area contributed by atoms with Crippen LogP contribution in [0.15, 0.2) is 18.2 Å². The molecule has 0 spiro atoms. The maximum absolute atomic E-state index is 9.82. The van der Waals surface area contributed by atoms with Gasteiger partial charge in [-0.2, -0.15) is 0 Å². The van der Waals surface area contributed by atoms with E-state index in [1.165, 1.54) is 0 Å². The standard InChI is InChI=1S/C16H25NO4/c1-4-17-7-8-20-14(10-17)11-21-16-9-13(19-3)5-6-15(16)12(2)18/h5-6,9,12,14,18H,4,7-8,10-11H2,1-3H3. The van der Waals surface area contributed by atoms with Gasteiger partial charge in [0.05, 0.1) is 19.8 Å². The van der Waals surface area contributed by atoms with Gasteiger partial charge in [0.15, 0.2) is 0 Å². The molecule has 2 unspecified atom stereocenters. The van der Waals surface area contributed by atoms with Crippen molar-refractivity contribution in [3.05, 3.63) is 23.8 Å². The van der Waals surface area contributed by atoms with Gasteiger partial charge in [0.1, 0.15) is 24.2 Å². The van der Waals surface area contributed by atoms with Gasteiger partial charge in [-0.3, -0.25) is 4.90 Å². The van der Waals surface area contributed by atoms with Gasteiger partial charge in [-0.25, -0.2) is 0 Å². The first kappa shape index (κ1) is 16.1. The molecule has 1 fully saturated rings. The molecular formula is C16H25NO4. The topological polar surface area (TPSA) is 51.2 Å². The van der Waals surface area contributed by atoms with E-state index in [-0.39, 0.29) is 6.10 Å². The summed E-state index contributed by atoms with van der Waals surface area (Å²) < 4.78 is 16.8. The molecule has 1 heterocycles. The predicted molar refractivity (Wildman–Crippen MR) is 81.0 cm³/mol. The number of aliphatic hydroxyl groups is 1. The van der Waals surface area contributed by atoms with Crippen LogP contribution in [0.4, 0.5) is 0 Å². The minimum absolute atomic E-state index is 0.0618. The molecule has 1 N–H and O–H groups in total. The highest BCUT2D eigenvalue weighted by molar-refractivity contribution is 5.41. The molecule has 1 aliphatic rings. The third-order valence-electron chi connectivity index (χ3n) is 3.77. The third-order valence-corrected chi connectivity index (χ3v) is 3.77. The number of aliphatic hydroxyl groups excluding tert-OH is 1. The molecule has 2 atom stereocenters. The van der Waals surface area contributed by atoms with Gasteiger partial charge in [0.25, 0.3) is 0 Å². The molecule has 1 aromatic carbocycles. The molecule has 118 valence electrons. The lowest BCUT2D eigenvalue weighted by Crippen LogP contribution is -2.44. The van der Waals surface area contributed by atoms with Crippen LogP contribution in [0.25, 0.3) is 0 Å². The second kappa shape index (κ2) is 7.64. The Morgan fingerprint density at radius 2 is 2.29 bits per heavy atom. The van der Waals surface area contributed by atoms with Gasteiger partial charge in [-0.05, 0) is 25.6 Å². The van der Waals surface area contributed by atoms with Crippen molar-refractivity contribution in [1.29, 1.82) is 0 Å². The lowest BCUT2D eigenvalue weighted by atomic mass is 10.1. The van der Waals surface area contributed by atoms with E-state index in [1.54, 1.807) is 14.0 Å². The Kier molecular flexibility index (Phi) is 5.85. The number of likely N-dealkylation sites (N-methyl/N-ethyl adjacent to an activating group) is 1. The van der Waals surface area contributed by atoms with E-state index in [1.807, 2.05) is 18.2 Å². The quantitative estimate of drug-likeness (QED) is 0.868. The summed E-state index contributed by atoms with van der Waals surface area (Å²) in [4.78, 5) is 2.35. The molecule has 0 saturated carbocycles. The molecule has 0 radical (unpaired) electrons. The van der Waals surface area contributed by atoms with Crippen molar-refractivity contribution in [2.75, 3.05) is 40.0 Å². The summed E-state index contributed by atoms with van der Waals surface area (Å²) in [6, 6.07) is 5.46. The Bertz CT molecular complexity index is 450. The van der Waals surface area contributed by atoms with Gasteiger partial charge in [0, 0.05) is 24.7 Å². The summed E-state index contributed by atoms with van der Waals surface area (Å²) in [7, 11) is 1.62. The van der Waals surface area contributed by atoms with Crippen molar-refractivity contribution in [2.45, 2.75) is 26.1 Å². The highest BCUT2D eigenvalue weighted by Crippen LogP contribution is 2.29. The van der Waals surface area contributed by atoms with Gasteiger partial charge < -0.3 is 19.3 Å². The van der Waals surface area contributed by atoms with Gasteiger partial charge in [-0.1, -0.05) is 6.92 Å². The van der Waals surface area contributed by atoms with Gasteiger partial charge in [-0.15, -0.1) is 0 Å². The van der Waals surface area contributed by atoms with E-state index in [9.17, 15) is 5.11 Å². The van der Waals surface area contributed by atoms with Crippen LogP contribution in [0.3, 0.4) is 0 Å². The maximum atomic E-state index is 9.82. The van der Waals surface area contributed by atoms with E-state index in [2.05, 4.69) is 11.8 Å². The second-order valence-corrected chi connectivity index (χ2v) is 5.28. The van der Waals surface area contributed by atoms with Crippen LogP contribution in [0.1, 0.15) is 25.5 Å². The van der Waals surface area contributed by atoms with E-state index >= 15 is 0 Å². The molecule has 0 aromatic heterocycles. The number of hydrogen-bond donors (Lipinski definition) is 1. The fourth-order valence-electron chi connectivity index (χ4n) is 2.46. The Labute approximate surface area is 126 Å². The zero-order chi connectivity index (χ0) is 15.2. The molecule has 5 nitrogen and oxygen atoms in total. The molecule has 0 aliphatic carbocycles. The van der Waals surface area contributed by atoms with Crippen molar-refractivity contribution in [2.24, 2.45) is 0 Å². The summed E-state index contributed by atoms with van der Waals surface area (Å²) in [5.74, 6) is 1.37.